The summed E-state index contributed by atoms with van der Waals surface area (Å²) >= 11 is 0. The van der Waals surface area contributed by atoms with E-state index in [-0.39, 0.29) is 5.91 Å². The largest absolute Gasteiger partial charge is 0.432 e. The Balaban J connectivity index is 1.82. The first-order chi connectivity index (χ1) is 10.2. The fraction of sp³-hybridized carbons (Fsp3) is 0.125. The van der Waals surface area contributed by atoms with Crippen molar-refractivity contribution in [1.82, 2.24) is 5.32 Å². The van der Waals surface area contributed by atoms with E-state index >= 15 is 0 Å². The number of rotatable bonds is 3. The normalized spacial score (nSPS) is 18.1. The Morgan fingerprint density at radius 3 is 2.24 bits per heavy atom. The van der Waals surface area contributed by atoms with Crippen molar-refractivity contribution < 1.29 is 14.4 Å². The first-order valence-electron chi connectivity index (χ1n) is 6.65. The zero-order valence-electron chi connectivity index (χ0n) is 11.2. The molecule has 1 saturated heterocycles. The molecule has 5 heteroatoms. The van der Waals surface area contributed by atoms with E-state index in [4.69, 9.17) is 4.84 Å². The summed E-state index contributed by atoms with van der Waals surface area (Å²) in [5.41, 5.74) is 1.52. The van der Waals surface area contributed by atoms with Crippen LogP contribution in [-0.2, 0) is 16.1 Å². The number of nitrogens with zero attached hydrogens (tertiary/aromatic N) is 1. The fourth-order valence-electron chi connectivity index (χ4n) is 2.23. The first-order valence-corrected chi connectivity index (χ1v) is 6.65. The van der Waals surface area contributed by atoms with Gasteiger partial charge in [-0.1, -0.05) is 48.5 Å². The van der Waals surface area contributed by atoms with E-state index in [1.807, 2.05) is 36.4 Å². The highest BCUT2D eigenvalue weighted by molar-refractivity contribution is 6.01. The van der Waals surface area contributed by atoms with Crippen molar-refractivity contribution in [3.05, 3.63) is 66.2 Å². The van der Waals surface area contributed by atoms with Gasteiger partial charge < -0.3 is 10.2 Å². The minimum atomic E-state index is -0.631. The average molecular weight is 282 g/mol. The zero-order valence-corrected chi connectivity index (χ0v) is 11.2. The third-order valence-corrected chi connectivity index (χ3v) is 3.24. The van der Waals surface area contributed by atoms with Gasteiger partial charge in [-0.25, -0.2) is 4.79 Å². The maximum atomic E-state index is 12.5. The topological polar surface area (TPSA) is 58.6 Å². The van der Waals surface area contributed by atoms with E-state index in [2.05, 4.69) is 5.32 Å². The van der Waals surface area contributed by atoms with Gasteiger partial charge >= 0.3 is 6.09 Å². The Morgan fingerprint density at radius 2 is 1.57 bits per heavy atom. The second-order valence-corrected chi connectivity index (χ2v) is 4.73. The van der Waals surface area contributed by atoms with E-state index in [0.29, 0.717) is 12.1 Å². The Labute approximate surface area is 122 Å². The molecule has 3 rings (SSSR count). The van der Waals surface area contributed by atoms with Gasteiger partial charge in [0.15, 0.2) is 0 Å². The highest BCUT2D eigenvalue weighted by atomic mass is 16.7. The minimum Gasteiger partial charge on any atom is -0.314 e. The first kappa shape index (κ1) is 13.2. The van der Waals surface area contributed by atoms with Crippen molar-refractivity contribution in [2.45, 2.75) is 12.5 Å². The van der Waals surface area contributed by atoms with E-state index in [1.54, 1.807) is 24.3 Å². The van der Waals surface area contributed by atoms with Crippen LogP contribution in [0.4, 0.5) is 10.5 Å². The van der Waals surface area contributed by atoms with Crippen molar-refractivity contribution in [3.63, 3.8) is 0 Å². The highest BCUT2D eigenvalue weighted by Gasteiger charge is 2.35. The Kier molecular flexibility index (Phi) is 3.55. The molecule has 5 nitrogen and oxygen atoms in total. The van der Waals surface area contributed by atoms with Gasteiger partial charge in [0.1, 0.15) is 6.04 Å². The molecule has 2 aromatic carbocycles. The van der Waals surface area contributed by atoms with Gasteiger partial charge in [-0.3, -0.25) is 4.79 Å². The van der Waals surface area contributed by atoms with Gasteiger partial charge in [-0.15, -0.1) is 5.06 Å². The summed E-state index contributed by atoms with van der Waals surface area (Å²) in [5, 5.41) is 3.61. The summed E-state index contributed by atoms with van der Waals surface area (Å²) in [7, 11) is 0. The molecule has 0 spiro atoms. The molecule has 1 unspecified atom stereocenters. The molecule has 0 radical (unpaired) electrons. The lowest BCUT2D eigenvalue weighted by Crippen LogP contribution is -2.57. The van der Waals surface area contributed by atoms with Gasteiger partial charge in [0.2, 0.25) is 0 Å². The standard InChI is InChI=1S/C16H14N2O3/c19-15-14(11-12-7-3-1-4-8-12)17-16(20)21-18(15)13-9-5-2-6-10-13/h1-10,14H,11H2,(H,17,20). The quantitative estimate of drug-likeness (QED) is 0.939. The minimum absolute atomic E-state index is 0.287. The van der Waals surface area contributed by atoms with Gasteiger partial charge in [0.05, 0.1) is 5.69 Å². The molecular weight excluding hydrogens is 268 g/mol. The number of carbonyl (C=O) groups excluding carboxylic acids is 2. The smallest absolute Gasteiger partial charge is 0.314 e. The van der Waals surface area contributed by atoms with Crippen LogP contribution in [-0.4, -0.2) is 18.0 Å². The van der Waals surface area contributed by atoms with Gasteiger partial charge in [-0.05, 0) is 17.7 Å². The van der Waals surface area contributed by atoms with Crippen LogP contribution in [0.3, 0.4) is 0 Å². The van der Waals surface area contributed by atoms with E-state index in [0.717, 1.165) is 10.6 Å². The van der Waals surface area contributed by atoms with Crippen LogP contribution in [0.25, 0.3) is 0 Å². The molecule has 1 N–H and O–H groups in total. The molecule has 0 saturated carbocycles. The summed E-state index contributed by atoms with van der Waals surface area (Å²) in [4.78, 5) is 29.1. The molecule has 1 heterocycles. The van der Waals surface area contributed by atoms with Crippen LogP contribution in [0.5, 0.6) is 0 Å². The number of para-hydroxylation sites is 1. The molecule has 1 aliphatic rings. The molecule has 2 amide bonds. The lowest BCUT2D eigenvalue weighted by Gasteiger charge is -2.31. The predicted octanol–water partition coefficient (Wildman–Crippen LogP) is 2.29. The summed E-state index contributed by atoms with van der Waals surface area (Å²) in [6.45, 7) is 0. The Hall–Kier alpha value is -2.82. The van der Waals surface area contributed by atoms with Crippen molar-refractivity contribution in [2.75, 3.05) is 5.06 Å². The summed E-state index contributed by atoms with van der Waals surface area (Å²) < 4.78 is 0. The molecule has 21 heavy (non-hydrogen) atoms. The van der Waals surface area contributed by atoms with Crippen molar-refractivity contribution in [3.8, 4) is 0 Å². The third kappa shape index (κ3) is 2.86. The average Bonchev–Trinajstić information content (AvgIpc) is 2.52. The maximum absolute atomic E-state index is 12.5. The molecule has 1 atom stereocenters. The lowest BCUT2D eigenvalue weighted by molar-refractivity contribution is -0.128. The number of nitrogens with one attached hydrogen (secondary N) is 1. The van der Waals surface area contributed by atoms with Crippen molar-refractivity contribution in [1.29, 1.82) is 0 Å². The van der Waals surface area contributed by atoms with Crippen LogP contribution in [0.1, 0.15) is 5.56 Å². The molecule has 106 valence electrons. The zero-order chi connectivity index (χ0) is 14.7. The van der Waals surface area contributed by atoms with Crippen LogP contribution in [0.15, 0.2) is 60.7 Å². The molecule has 1 fully saturated rings. The maximum Gasteiger partial charge on any atom is 0.432 e. The Bertz CT molecular complexity index is 643. The van der Waals surface area contributed by atoms with E-state index < -0.39 is 12.1 Å². The van der Waals surface area contributed by atoms with Gasteiger partial charge in [-0.2, -0.15) is 0 Å². The van der Waals surface area contributed by atoms with E-state index in [9.17, 15) is 9.59 Å². The number of hydrogen-bond donors (Lipinski definition) is 1. The predicted molar refractivity (Wildman–Crippen MR) is 77.5 cm³/mol. The third-order valence-electron chi connectivity index (χ3n) is 3.24. The van der Waals surface area contributed by atoms with Gasteiger partial charge in [0, 0.05) is 6.42 Å². The molecule has 2 aromatic rings. The Morgan fingerprint density at radius 1 is 0.952 bits per heavy atom. The van der Waals surface area contributed by atoms with E-state index in [1.165, 1.54) is 0 Å². The monoisotopic (exact) mass is 282 g/mol. The molecule has 1 aliphatic heterocycles. The van der Waals surface area contributed by atoms with Crippen LogP contribution in [0, 0.1) is 0 Å². The van der Waals surface area contributed by atoms with Crippen LogP contribution in [0.2, 0.25) is 0 Å². The molecular formula is C16H14N2O3. The number of carbonyl (C=O) groups is 2. The summed E-state index contributed by atoms with van der Waals surface area (Å²) in [6.07, 6.45) is -0.197. The fourth-order valence-corrected chi connectivity index (χ4v) is 2.23. The van der Waals surface area contributed by atoms with Crippen LogP contribution < -0.4 is 10.4 Å². The summed E-state index contributed by atoms with van der Waals surface area (Å²) in [5.74, 6) is -0.287. The number of benzene rings is 2. The van der Waals surface area contributed by atoms with Crippen molar-refractivity contribution >= 4 is 17.7 Å². The summed E-state index contributed by atoms with van der Waals surface area (Å²) in [6, 6.07) is 17.7. The molecule has 0 bridgehead atoms. The molecule has 0 aliphatic carbocycles. The van der Waals surface area contributed by atoms with Crippen molar-refractivity contribution in [2.24, 2.45) is 0 Å². The number of hydrogen-bond acceptors (Lipinski definition) is 3. The highest BCUT2D eigenvalue weighted by Crippen LogP contribution is 2.19. The van der Waals surface area contributed by atoms with Gasteiger partial charge in [0.25, 0.3) is 5.91 Å². The second kappa shape index (κ2) is 5.66. The second-order valence-electron chi connectivity index (χ2n) is 4.73. The molecule has 0 aromatic heterocycles. The lowest BCUT2D eigenvalue weighted by atomic mass is 10.0. The number of hydroxylamine groups is 1. The number of amides is 2. The van der Waals surface area contributed by atoms with Crippen LogP contribution >= 0.6 is 0 Å². The number of anilines is 1. The SMILES string of the molecule is O=C1NC(Cc2ccccc2)C(=O)N(c2ccccc2)O1.